The molecule has 112 valence electrons. The first-order valence-corrected chi connectivity index (χ1v) is 7.58. The summed E-state index contributed by atoms with van der Waals surface area (Å²) in [5.41, 5.74) is 2.35. The largest absolute Gasteiger partial charge is 0.461 e. The standard InChI is InChI=1S/C14H13N5O2S/c1-2-21-14(20)11-8-22-12(15-11)7-9-3-5-10(6-4-9)13-16-18-19-17-13/h3-6,8H,2,7H2,1H3,(H,16,17,18,19). The number of benzene rings is 1. The number of H-pyrrole nitrogens is 1. The molecule has 0 aliphatic rings. The molecule has 7 nitrogen and oxygen atoms in total. The number of rotatable bonds is 5. The van der Waals surface area contributed by atoms with Crippen LogP contribution in [0.15, 0.2) is 29.6 Å². The van der Waals surface area contributed by atoms with Crippen LogP contribution in [0.4, 0.5) is 0 Å². The maximum atomic E-state index is 11.6. The van der Waals surface area contributed by atoms with E-state index in [4.69, 9.17) is 4.74 Å². The van der Waals surface area contributed by atoms with Gasteiger partial charge in [0, 0.05) is 17.4 Å². The SMILES string of the molecule is CCOC(=O)c1csc(Cc2ccc(-c3nn[nH]n3)cc2)n1. The van der Waals surface area contributed by atoms with Gasteiger partial charge in [0.15, 0.2) is 5.69 Å². The van der Waals surface area contributed by atoms with Crippen LogP contribution in [0.5, 0.6) is 0 Å². The number of thiazole rings is 1. The number of tetrazole rings is 1. The summed E-state index contributed by atoms with van der Waals surface area (Å²) in [7, 11) is 0. The second-order valence-corrected chi connectivity index (χ2v) is 5.40. The van der Waals surface area contributed by atoms with Crippen LogP contribution in [0, 0.1) is 0 Å². The van der Waals surface area contributed by atoms with Crippen LogP contribution in [0.3, 0.4) is 0 Å². The van der Waals surface area contributed by atoms with E-state index in [9.17, 15) is 4.79 Å². The number of hydrogen-bond acceptors (Lipinski definition) is 7. The quantitative estimate of drug-likeness (QED) is 0.725. The molecule has 0 unspecified atom stereocenters. The first-order chi connectivity index (χ1) is 10.8. The molecule has 8 heteroatoms. The van der Waals surface area contributed by atoms with E-state index in [1.807, 2.05) is 24.3 Å². The van der Waals surface area contributed by atoms with Gasteiger partial charge in [-0.25, -0.2) is 9.78 Å². The van der Waals surface area contributed by atoms with Crippen molar-refractivity contribution in [1.82, 2.24) is 25.6 Å². The minimum Gasteiger partial charge on any atom is -0.461 e. The molecule has 0 spiro atoms. The third-order valence-corrected chi connectivity index (χ3v) is 3.80. The van der Waals surface area contributed by atoms with Crippen molar-refractivity contribution in [2.45, 2.75) is 13.3 Å². The van der Waals surface area contributed by atoms with Crippen molar-refractivity contribution in [2.75, 3.05) is 6.61 Å². The van der Waals surface area contributed by atoms with E-state index in [1.54, 1.807) is 12.3 Å². The Morgan fingerprint density at radius 3 is 2.82 bits per heavy atom. The van der Waals surface area contributed by atoms with Crippen molar-refractivity contribution >= 4 is 17.3 Å². The Morgan fingerprint density at radius 2 is 2.14 bits per heavy atom. The van der Waals surface area contributed by atoms with Gasteiger partial charge in [0.05, 0.1) is 11.6 Å². The fraction of sp³-hybridized carbons (Fsp3) is 0.214. The van der Waals surface area contributed by atoms with Gasteiger partial charge in [-0.15, -0.1) is 21.5 Å². The average Bonchev–Trinajstić information content (AvgIpc) is 3.19. The minimum atomic E-state index is -0.377. The fourth-order valence-corrected chi connectivity index (χ4v) is 2.72. The maximum Gasteiger partial charge on any atom is 0.357 e. The normalized spacial score (nSPS) is 10.6. The monoisotopic (exact) mass is 315 g/mol. The van der Waals surface area contributed by atoms with Crippen LogP contribution in [-0.2, 0) is 11.2 Å². The van der Waals surface area contributed by atoms with Crippen LogP contribution < -0.4 is 0 Å². The molecule has 0 atom stereocenters. The highest BCUT2D eigenvalue weighted by Crippen LogP contribution is 2.18. The van der Waals surface area contributed by atoms with Crippen molar-refractivity contribution in [3.8, 4) is 11.4 Å². The van der Waals surface area contributed by atoms with Crippen LogP contribution in [0.1, 0.15) is 28.0 Å². The van der Waals surface area contributed by atoms with E-state index in [0.29, 0.717) is 24.5 Å². The second kappa shape index (κ2) is 6.44. The van der Waals surface area contributed by atoms with Gasteiger partial charge in [0.1, 0.15) is 0 Å². The number of esters is 1. The molecular formula is C14H13N5O2S. The number of hydrogen-bond donors (Lipinski definition) is 1. The first kappa shape index (κ1) is 14.3. The highest BCUT2D eigenvalue weighted by atomic mass is 32.1. The highest BCUT2D eigenvalue weighted by molar-refractivity contribution is 7.09. The number of ether oxygens (including phenoxy) is 1. The van der Waals surface area contributed by atoms with Gasteiger partial charge in [-0.2, -0.15) is 5.21 Å². The summed E-state index contributed by atoms with van der Waals surface area (Å²) in [5.74, 6) is 0.183. The van der Waals surface area contributed by atoms with Crippen molar-refractivity contribution in [1.29, 1.82) is 0 Å². The molecule has 2 aromatic heterocycles. The fourth-order valence-electron chi connectivity index (χ4n) is 1.92. The summed E-state index contributed by atoms with van der Waals surface area (Å²) < 4.78 is 4.93. The molecule has 3 rings (SSSR count). The molecule has 1 N–H and O–H groups in total. The third-order valence-electron chi connectivity index (χ3n) is 2.95. The minimum absolute atomic E-state index is 0.350. The lowest BCUT2D eigenvalue weighted by Gasteiger charge is -2.00. The smallest absolute Gasteiger partial charge is 0.357 e. The number of carbonyl (C=O) groups excluding carboxylic acids is 1. The Labute approximate surface area is 130 Å². The second-order valence-electron chi connectivity index (χ2n) is 4.46. The van der Waals surface area contributed by atoms with Gasteiger partial charge in [-0.1, -0.05) is 24.3 Å². The molecule has 0 radical (unpaired) electrons. The lowest BCUT2D eigenvalue weighted by molar-refractivity contribution is 0.0520. The van der Waals surface area contributed by atoms with Gasteiger partial charge >= 0.3 is 5.97 Å². The van der Waals surface area contributed by atoms with Crippen molar-refractivity contribution in [3.63, 3.8) is 0 Å². The first-order valence-electron chi connectivity index (χ1n) is 6.70. The van der Waals surface area contributed by atoms with Crippen molar-refractivity contribution in [3.05, 3.63) is 45.9 Å². The third kappa shape index (κ3) is 3.17. The Hall–Kier alpha value is -2.61. The molecule has 0 saturated carbocycles. The summed E-state index contributed by atoms with van der Waals surface area (Å²) in [5, 5.41) is 16.4. The average molecular weight is 315 g/mol. The van der Waals surface area contributed by atoms with Gasteiger partial charge in [-0.3, -0.25) is 0 Å². The number of aromatic nitrogens is 5. The number of aromatic amines is 1. The van der Waals surface area contributed by atoms with E-state index in [1.165, 1.54) is 11.3 Å². The van der Waals surface area contributed by atoms with E-state index in [2.05, 4.69) is 25.6 Å². The molecule has 0 bridgehead atoms. The molecule has 0 aliphatic heterocycles. The van der Waals surface area contributed by atoms with Gasteiger partial charge in [-0.05, 0) is 17.7 Å². The Balaban J connectivity index is 1.70. The summed E-state index contributed by atoms with van der Waals surface area (Å²) in [6.07, 6.45) is 0.663. The Morgan fingerprint density at radius 1 is 1.32 bits per heavy atom. The molecule has 0 amide bonds. The molecular weight excluding hydrogens is 302 g/mol. The van der Waals surface area contributed by atoms with E-state index < -0.39 is 0 Å². The van der Waals surface area contributed by atoms with Crippen LogP contribution >= 0.6 is 11.3 Å². The van der Waals surface area contributed by atoms with E-state index in [-0.39, 0.29) is 5.97 Å². The zero-order valence-corrected chi connectivity index (χ0v) is 12.6. The molecule has 2 heterocycles. The lowest BCUT2D eigenvalue weighted by Crippen LogP contribution is -2.05. The van der Waals surface area contributed by atoms with Crippen LogP contribution in [0.2, 0.25) is 0 Å². The predicted octanol–water partition coefficient (Wildman–Crippen LogP) is 2.09. The summed E-state index contributed by atoms with van der Waals surface area (Å²) in [6.45, 7) is 2.12. The van der Waals surface area contributed by atoms with E-state index >= 15 is 0 Å². The number of nitrogens with zero attached hydrogens (tertiary/aromatic N) is 4. The van der Waals surface area contributed by atoms with Gasteiger partial charge < -0.3 is 4.74 Å². The topological polar surface area (TPSA) is 93.7 Å². The van der Waals surface area contributed by atoms with Crippen LogP contribution in [0.25, 0.3) is 11.4 Å². The summed E-state index contributed by atoms with van der Waals surface area (Å²) in [6, 6.07) is 7.83. The summed E-state index contributed by atoms with van der Waals surface area (Å²) in [4.78, 5) is 15.9. The highest BCUT2D eigenvalue weighted by Gasteiger charge is 2.12. The molecule has 0 fully saturated rings. The van der Waals surface area contributed by atoms with Gasteiger partial charge in [0.2, 0.25) is 5.82 Å². The molecule has 0 saturated heterocycles. The predicted molar refractivity (Wildman–Crippen MR) is 80.5 cm³/mol. The molecule has 3 aromatic rings. The number of nitrogens with one attached hydrogen (secondary N) is 1. The van der Waals surface area contributed by atoms with Gasteiger partial charge in [0.25, 0.3) is 0 Å². The lowest BCUT2D eigenvalue weighted by atomic mass is 10.1. The summed E-state index contributed by atoms with van der Waals surface area (Å²) >= 11 is 1.45. The Kier molecular flexibility index (Phi) is 4.19. The molecule has 22 heavy (non-hydrogen) atoms. The van der Waals surface area contributed by atoms with E-state index in [0.717, 1.165) is 16.1 Å². The molecule has 1 aromatic carbocycles. The molecule has 0 aliphatic carbocycles. The number of carbonyl (C=O) groups is 1. The van der Waals surface area contributed by atoms with Crippen molar-refractivity contribution in [2.24, 2.45) is 0 Å². The van der Waals surface area contributed by atoms with Crippen molar-refractivity contribution < 1.29 is 9.53 Å². The zero-order valence-electron chi connectivity index (χ0n) is 11.8. The Bertz CT molecular complexity index is 752. The zero-order chi connectivity index (χ0) is 15.4. The van der Waals surface area contributed by atoms with Crippen LogP contribution in [-0.4, -0.2) is 38.2 Å². The maximum absolute atomic E-state index is 11.6.